The summed E-state index contributed by atoms with van der Waals surface area (Å²) in [7, 11) is 0. The highest BCUT2D eigenvalue weighted by molar-refractivity contribution is 14.1. The molecule has 2 aromatic rings. The van der Waals surface area contributed by atoms with E-state index in [1.165, 1.54) is 0 Å². The molecule has 0 spiro atoms. The van der Waals surface area contributed by atoms with Gasteiger partial charge in [0.2, 0.25) is 0 Å². The van der Waals surface area contributed by atoms with E-state index in [0.717, 1.165) is 21.2 Å². The average Bonchev–Trinajstić information content (AvgIpc) is 2.55. The zero-order chi connectivity index (χ0) is 16.7. The number of amides is 1. The van der Waals surface area contributed by atoms with Crippen molar-refractivity contribution in [3.05, 3.63) is 57.7 Å². The van der Waals surface area contributed by atoms with Gasteiger partial charge in [-0.2, -0.15) is 0 Å². The molecule has 6 heteroatoms. The molecule has 0 bridgehead atoms. The third-order valence-corrected chi connectivity index (χ3v) is 3.94. The van der Waals surface area contributed by atoms with Crippen molar-refractivity contribution >= 4 is 51.5 Å². The van der Waals surface area contributed by atoms with E-state index in [1.54, 1.807) is 12.1 Å². The predicted molar refractivity (Wildman–Crippen MR) is 105 cm³/mol. The summed E-state index contributed by atoms with van der Waals surface area (Å²) < 4.78 is 6.54. The van der Waals surface area contributed by atoms with Crippen molar-refractivity contribution in [2.24, 2.45) is 0 Å². The van der Waals surface area contributed by atoms with Crippen molar-refractivity contribution in [2.75, 3.05) is 11.9 Å². The van der Waals surface area contributed by atoms with Crippen molar-refractivity contribution in [1.82, 2.24) is 5.32 Å². The first-order valence-electron chi connectivity index (χ1n) is 7.15. The minimum Gasteiger partial charge on any atom is -0.484 e. The lowest BCUT2D eigenvalue weighted by atomic mass is 10.1. The molecule has 0 aliphatic carbocycles. The Labute approximate surface area is 154 Å². The van der Waals surface area contributed by atoms with Crippen LogP contribution in [0.1, 0.15) is 12.5 Å². The van der Waals surface area contributed by atoms with Crippen LogP contribution in [0.4, 0.5) is 5.69 Å². The van der Waals surface area contributed by atoms with E-state index in [-0.39, 0.29) is 17.6 Å². The highest BCUT2D eigenvalue weighted by atomic mass is 127. The van der Waals surface area contributed by atoms with Crippen LogP contribution in [-0.2, 0) is 11.2 Å². The lowest BCUT2D eigenvalue weighted by molar-refractivity contribution is -0.121. The molecule has 0 radical (unpaired) electrons. The summed E-state index contributed by atoms with van der Waals surface area (Å²) in [4.78, 5) is 11.9. The second-order valence-corrected chi connectivity index (χ2v) is 6.41. The minimum absolute atomic E-state index is 0.0842. The predicted octanol–water partition coefficient (Wildman–Crippen LogP) is 3.75. The largest absolute Gasteiger partial charge is 0.484 e. The normalized spacial score (nSPS) is 10.0. The molecule has 23 heavy (non-hydrogen) atoms. The summed E-state index contributed by atoms with van der Waals surface area (Å²) in [6, 6.07) is 15.2. The van der Waals surface area contributed by atoms with E-state index in [4.69, 9.17) is 17.0 Å². The number of rotatable bonds is 5. The second-order valence-electron chi connectivity index (χ2n) is 4.76. The number of para-hydroxylation sites is 1. The summed E-state index contributed by atoms with van der Waals surface area (Å²) in [5, 5.41) is 5.94. The molecule has 0 saturated heterocycles. The fourth-order valence-electron chi connectivity index (χ4n) is 1.96. The van der Waals surface area contributed by atoms with Crippen molar-refractivity contribution < 1.29 is 9.53 Å². The van der Waals surface area contributed by atoms with E-state index in [1.807, 2.05) is 30.3 Å². The molecule has 0 unspecified atom stereocenters. The summed E-state index contributed by atoms with van der Waals surface area (Å²) >= 11 is 7.45. The molecule has 4 nitrogen and oxygen atoms in total. The van der Waals surface area contributed by atoms with Crippen molar-refractivity contribution in [3.8, 4) is 5.75 Å². The number of benzene rings is 2. The Morgan fingerprint density at radius 1 is 1.22 bits per heavy atom. The summed E-state index contributed by atoms with van der Waals surface area (Å²) in [5.41, 5.74) is 2.05. The third kappa shape index (κ3) is 5.80. The van der Waals surface area contributed by atoms with E-state index < -0.39 is 0 Å². The summed E-state index contributed by atoms with van der Waals surface area (Å²) in [5.74, 6) is 0.349. The van der Waals surface area contributed by atoms with E-state index in [9.17, 15) is 4.79 Å². The quantitative estimate of drug-likeness (QED) is 0.550. The van der Waals surface area contributed by atoms with Crippen LogP contribution in [0.5, 0.6) is 5.75 Å². The molecule has 0 aliphatic heterocycles. The first-order chi connectivity index (χ1) is 11.1. The Morgan fingerprint density at radius 2 is 1.96 bits per heavy atom. The zero-order valence-corrected chi connectivity index (χ0v) is 15.6. The van der Waals surface area contributed by atoms with Gasteiger partial charge < -0.3 is 10.1 Å². The van der Waals surface area contributed by atoms with Crippen molar-refractivity contribution in [3.63, 3.8) is 0 Å². The number of nitrogens with one attached hydrogen (secondary N) is 2. The van der Waals surface area contributed by atoms with Gasteiger partial charge in [-0.1, -0.05) is 25.1 Å². The Morgan fingerprint density at radius 3 is 2.65 bits per heavy atom. The van der Waals surface area contributed by atoms with Gasteiger partial charge in [0.05, 0.1) is 0 Å². The Hall–Kier alpha value is -1.67. The Kier molecular flexibility index (Phi) is 6.79. The molecule has 1 amide bonds. The standard InChI is InChI=1S/C17H17IN2O2S/c1-2-12-10-13(18)8-9-15(12)19-17(23)20-16(21)11-22-14-6-4-3-5-7-14/h3-10H,2,11H2,1H3,(H2,19,20,21,23). The van der Waals surface area contributed by atoms with Gasteiger partial charge in [0, 0.05) is 9.26 Å². The third-order valence-electron chi connectivity index (χ3n) is 3.06. The smallest absolute Gasteiger partial charge is 0.264 e. The molecule has 0 aromatic heterocycles. The highest BCUT2D eigenvalue weighted by Gasteiger charge is 2.08. The maximum absolute atomic E-state index is 11.9. The summed E-state index contributed by atoms with van der Waals surface area (Å²) in [6.45, 7) is 1.99. The molecule has 2 N–H and O–H groups in total. The van der Waals surface area contributed by atoms with Gasteiger partial charge in [0.1, 0.15) is 5.75 Å². The first kappa shape index (κ1) is 17.7. The molecule has 0 saturated carbocycles. The van der Waals surface area contributed by atoms with Crippen molar-refractivity contribution in [2.45, 2.75) is 13.3 Å². The maximum Gasteiger partial charge on any atom is 0.264 e. The number of carbonyl (C=O) groups excluding carboxylic acids is 1. The molecular formula is C17H17IN2O2S. The number of halogens is 1. The molecule has 2 rings (SSSR count). The fourth-order valence-corrected chi connectivity index (χ4v) is 2.74. The lowest BCUT2D eigenvalue weighted by Crippen LogP contribution is -2.37. The number of ether oxygens (including phenoxy) is 1. The van der Waals surface area contributed by atoms with Gasteiger partial charge >= 0.3 is 0 Å². The number of anilines is 1. The zero-order valence-electron chi connectivity index (χ0n) is 12.6. The molecular weight excluding hydrogens is 423 g/mol. The number of hydrogen-bond donors (Lipinski definition) is 2. The second kappa shape index (κ2) is 8.83. The monoisotopic (exact) mass is 440 g/mol. The van der Waals surface area contributed by atoms with Gasteiger partial charge in [-0.25, -0.2) is 0 Å². The molecule has 0 heterocycles. The van der Waals surface area contributed by atoms with Crippen LogP contribution in [0, 0.1) is 3.57 Å². The molecule has 2 aromatic carbocycles. The van der Waals surface area contributed by atoms with Crippen LogP contribution in [0.15, 0.2) is 48.5 Å². The van der Waals surface area contributed by atoms with Crippen molar-refractivity contribution in [1.29, 1.82) is 0 Å². The van der Waals surface area contributed by atoms with Crippen LogP contribution in [-0.4, -0.2) is 17.6 Å². The van der Waals surface area contributed by atoms with Crippen LogP contribution in [0.2, 0.25) is 0 Å². The number of hydrogen-bond acceptors (Lipinski definition) is 3. The van der Waals surface area contributed by atoms with Crippen LogP contribution < -0.4 is 15.4 Å². The molecule has 0 atom stereocenters. The van der Waals surface area contributed by atoms with Gasteiger partial charge in [-0.15, -0.1) is 0 Å². The van der Waals surface area contributed by atoms with Gasteiger partial charge in [-0.3, -0.25) is 10.1 Å². The van der Waals surface area contributed by atoms with Gasteiger partial charge in [0.15, 0.2) is 11.7 Å². The first-order valence-corrected chi connectivity index (χ1v) is 8.64. The molecule has 0 aliphatic rings. The van der Waals surface area contributed by atoms with Crippen LogP contribution in [0.3, 0.4) is 0 Å². The molecule has 0 fully saturated rings. The van der Waals surface area contributed by atoms with E-state index in [0.29, 0.717) is 5.75 Å². The summed E-state index contributed by atoms with van der Waals surface area (Å²) in [6.07, 6.45) is 0.882. The number of aryl methyl sites for hydroxylation is 1. The van der Waals surface area contributed by atoms with E-state index in [2.05, 4.69) is 46.2 Å². The Bertz CT molecular complexity index is 692. The minimum atomic E-state index is -0.296. The van der Waals surface area contributed by atoms with E-state index >= 15 is 0 Å². The lowest BCUT2D eigenvalue weighted by Gasteiger charge is -2.13. The number of thiocarbonyl (C=S) groups is 1. The molecule has 120 valence electrons. The highest BCUT2D eigenvalue weighted by Crippen LogP contribution is 2.19. The Balaban J connectivity index is 1.86. The fraction of sp³-hybridized carbons (Fsp3) is 0.176. The average molecular weight is 440 g/mol. The van der Waals surface area contributed by atoms with Gasteiger partial charge in [-0.05, 0) is 77.1 Å². The maximum atomic E-state index is 11.9. The van der Waals surface area contributed by atoms with Crippen LogP contribution >= 0.6 is 34.8 Å². The SMILES string of the molecule is CCc1cc(I)ccc1NC(=S)NC(=O)COc1ccccc1. The van der Waals surface area contributed by atoms with Crippen LogP contribution in [0.25, 0.3) is 0 Å². The number of carbonyl (C=O) groups is 1. The van der Waals surface area contributed by atoms with Gasteiger partial charge in [0.25, 0.3) is 5.91 Å². The topological polar surface area (TPSA) is 50.4 Å².